The maximum absolute atomic E-state index is 13.1. The molecule has 0 aliphatic carbocycles. The third-order valence-corrected chi connectivity index (χ3v) is 5.43. The predicted molar refractivity (Wildman–Crippen MR) is 92.0 cm³/mol. The number of aryl methyl sites for hydroxylation is 1. The Balaban J connectivity index is 1.66. The third kappa shape index (κ3) is 4.13. The van der Waals surface area contributed by atoms with Crippen LogP contribution in [0.2, 0.25) is 0 Å². The Morgan fingerprint density at radius 1 is 1.14 bits per heavy atom. The summed E-state index contributed by atoms with van der Waals surface area (Å²) in [7, 11) is 0. The number of nitrogens with zero attached hydrogens (tertiary/aromatic N) is 2. The Morgan fingerprint density at radius 3 is 2.32 bits per heavy atom. The van der Waals surface area contributed by atoms with Gasteiger partial charge in [-0.05, 0) is 12.5 Å². The van der Waals surface area contributed by atoms with E-state index in [-0.39, 0.29) is 18.9 Å². The van der Waals surface area contributed by atoms with Gasteiger partial charge in [-0.2, -0.15) is 13.2 Å². The summed E-state index contributed by atoms with van der Waals surface area (Å²) < 4.78 is 39.3. The first kappa shape index (κ1) is 20.2. The van der Waals surface area contributed by atoms with E-state index in [2.05, 4.69) is 0 Å². The number of rotatable bonds is 4. The van der Waals surface area contributed by atoms with Crippen LogP contribution in [0, 0.1) is 24.7 Å². The minimum absolute atomic E-state index is 0.0738. The highest BCUT2D eigenvalue weighted by molar-refractivity contribution is 5.89. The number of amides is 2. The lowest BCUT2D eigenvalue weighted by molar-refractivity contribution is -0.188. The highest BCUT2D eigenvalue weighted by atomic mass is 19.4. The fraction of sp³-hybridized carbons (Fsp3) is 0.526. The molecule has 3 atom stereocenters. The van der Waals surface area contributed by atoms with Crippen LogP contribution in [0.25, 0.3) is 0 Å². The van der Waals surface area contributed by atoms with E-state index in [1.807, 2.05) is 31.2 Å². The molecule has 28 heavy (non-hydrogen) atoms. The normalized spacial score (nSPS) is 25.4. The van der Waals surface area contributed by atoms with Crippen LogP contribution in [-0.4, -0.2) is 58.5 Å². The van der Waals surface area contributed by atoms with Crippen molar-refractivity contribution in [2.45, 2.75) is 26.1 Å². The monoisotopic (exact) mass is 398 g/mol. The summed E-state index contributed by atoms with van der Waals surface area (Å²) in [5.41, 5.74) is 1.97. The molecule has 0 saturated carbocycles. The average molecular weight is 398 g/mol. The third-order valence-electron chi connectivity index (χ3n) is 5.43. The molecule has 1 aromatic rings. The number of carboxylic acid groups (broad SMARTS) is 1. The minimum atomic E-state index is -4.69. The van der Waals surface area contributed by atoms with E-state index in [4.69, 9.17) is 5.11 Å². The molecule has 152 valence electrons. The molecule has 2 aliphatic heterocycles. The first-order valence-corrected chi connectivity index (χ1v) is 8.98. The molecule has 2 amide bonds. The fourth-order valence-electron chi connectivity index (χ4n) is 3.83. The van der Waals surface area contributed by atoms with Gasteiger partial charge in [-0.15, -0.1) is 0 Å². The molecule has 2 saturated heterocycles. The number of hydrogen-bond acceptors (Lipinski definition) is 3. The number of hydrogen-bond donors (Lipinski definition) is 1. The van der Waals surface area contributed by atoms with Gasteiger partial charge in [-0.3, -0.25) is 14.4 Å². The molecule has 3 rings (SSSR count). The number of alkyl halides is 3. The standard InChI is InChI=1S/C19H21F3N2O4/c1-11-2-4-12(5-3-11)7-23-8-13(6-16(23)25)17(26)24-9-14(18(27)28)15(10-24)19(20,21)22/h2-5,13-15H,6-10H2,1H3,(H,27,28)/t13?,14-,15-/m1/s1. The lowest BCUT2D eigenvalue weighted by Gasteiger charge is -2.21. The Labute approximate surface area is 159 Å². The van der Waals surface area contributed by atoms with E-state index in [1.54, 1.807) is 0 Å². The molecule has 6 nitrogen and oxygen atoms in total. The Bertz CT molecular complexity index is 778. The summed E-state index contributed by atoms with van der Waals surface area (Å²) in [6, 6.07) is 7.57. The second kappa shape index (κ2) is 7.44. The topological polar surface area (TPSA) is 77.9 Å². The maximum Gasteiger partial charge on any atom is 0.394 e. The smallest absolute Gasteiger partial charge is 0.394 e. The highest BCUT2D eigenvalue weighted by Crippen LogP contribution is 2.38. The minimum Gasteiger partial charge on any atom is -0.481 e. The van der Waals surface area contributed by atoms with Crippen LogP contribution >= 0.6 is 0 Å². The van der Waals surface area contributed by atoms with Crippen molar-refractivity contribution in [3.05, 3.63) is 35.4 Å². The average Bonchev–Trinajstić information content (AvgIpc) is 3.21. The second-order valence-corrected chi connectivity index (χ2v) is 7.50. The molecule has 0 spiro atoms. The van der Waals surface area contributed by atoms with Crippen LogP contribution in [0.3, 0.4) is 0 Å². The van der Waals surface area contributed by atoms with Crippen LogP contribution in [0.4, 0.5) is 13.2 Å². The Morgan fingerprint density at radius 2 is 1.79 bits per heavy atom. The zero-order chi connectivity index (χ0) is 20.6. The molecule has 1 aromatic carbocycles. The number of carboxylic acids is 1. The SMILES string of the molecule is Cc1ccc(CN2CC(C(=O)N3C[C@@H](C(F)(F)F)[C@H](C(=O)O)C3)CC2=O)cc1. The summed E-state index contributed by atoms with van der Waals surface area (Å²) in [6.07, 6.45) is -4.77. The Hall–Kier alpha value is -2.58. The molecule has 9 heteroatoms. The summed E-state index contributed by atoms with van der Waals surface area (Å²) in [4.78, 5) is 38.6. The van der Waals surface area contributed by atoms with Crippen molar-refractivity contribution in [3.8, 4) is 0 Å². The van der Waals surface area contributed by atoms with Gasteiger partial charge < -0.3 is 14.9 Å². The van der Waals surface area contributed by atoms with Crippen molar-refractivity contribution in [2.75, 3.05) is 19.6 Å². The molecular weight excluding hydrogens is 377 g/mol. The van der Waals surface area contributed by atoms with Gasteiger partial charge in [-0.25, -0.2) is 0 Å². The van der Waals surface area contributed by atoms with Crippen molar-refractivity contribution in [1.82, 2.24) is 9.80 Å². The number of benzene rings is 1. The first-order chi connectivity index (χ1) is 13.1. The highest BCUT2D eigenvalue weighted by Gasteiger charge is 2.54. The largest absolute Gasteiger partial charge is 0.481 e. The number of carbonyl (C=O) groups excluding carboxylic acids is 2. The van der Waals surface area contributed by atoms with E-state index >= 15 is 0 Å². The van der Waals surface area contributed by atoms with Gasteiger partial charge in [0.1, 0.15) is 0 Å². The first-order valence-electron chi connectivity index (χ1n) is 8.98. The van der Waals surface area contributed by atoms with E-state index in [0.29, 0.717) is 6.54 Å². The maximum atomic E-state index is 13.1. The molecular formula is C19H21F3N2O4. The lowest BCUT2D eigenvalue weighted by atomic mass is 9.96. The van der Waals surface area contributed by atoms with Crippen LogP contribution in [0.1, 0.15) is 17.5 Å². The molecule has 2 fully saturated rings. The summed E-state index contributed by atoms with van der Waals surface area (Å²) in [5.74, 6) is -6.90. The van der Waals surface area contributed by atoms with Gasteiger partial charge in [0.15, 0.2) is 0 Å². The van der Waals surface area contributed by atoms with Crippen molar-refractivity contribution < 1.29 is 32.7 Å². The number of carbonyl (C=O) groups is 3. The van der Waals surface area contributed by atoms with Gasteiger partial charge in [0, 0.05) is 32.6 Å². The zero-order valence-electron chi connectivity index (χ0n) is 15.3. The zero-order valence-corrected chi connectivity index (χ0v) is 15.3. The van der Waals surface area contributed by atoms with E-state index < -0.39 is 48.9 Å². The van der Waals surface area contributed by atoms with Crippen molar-refractivity contribution in [1.29, 1.82) is 0 Å². The van der Waals surface area contributed by atoms with E-state index in [1.165, 1.54) is 4.90 Å². The number of halogens is 3. The van der Waals surface area contributed by atoms with Crippen molar-refractivity contribution in [3.63, 3.8) is 0 Å². The van der Waals surface area contributed by atoms with Crippen molar-refractivity contribution in [2.24, 2.45) is 17.8 Å². The predicted octanol–water partition coefficient (Wildman–Crippen LogP) is 2.07. The molecule has 1 unspecified atom stereocenters. The van der Waals surface area contributed by atoms with Gasteiger partial charge in [0.2, 0.25) is 11.8 Å². The van der Waals surface area contributed by atoms with E-state index in [0.717, 1.165) is 16.0 Å². The molecule has 1 N–H and O–H groups in total. The molecule has 2 heterocycles. The number of likely N-dealkylation sites (tertiary alicyclic amines) is 2. The Kier molecular flexibility index (Phi) is 5.36. The summed E-state index contributed by atoms with van der Waals surface area (Å²) in [6.45, 7) is 1.22. The molecule has 0 radical (unpaired) electrons. The number of aliphatic carboxylic acids is 1. The van der Waals surface area contributed by atoms with Gasteiger partial charge in [0.25, 0.3) is 0 Å². The van der Waals surface area contributed by atoms with Gasteiger partial charge in [0.05, 0.1) is 17.8 Å². The van der Waals surface area contributed by atoms with Crippen molar-refractivity contribution >= 4 is 17.8 Å². The summed E-state index contributed by atoms with van der Waals surface area (Å²) in [5, 5.41) is 9.08. The second-order valence-electron chi connectivity index (χ2n) is 7.50. The summed E-state index contributed by atoms with van der Waals surface area (Å²) >= 11 is 0. The molecule has 2 aliphatic rings. The molecule has 0 bridgehead atoms. The van der Waals surface area contributed by atoms with E-state index in [9.17, 15) is 27.6 Å². The van der Waals surface area contributed by atoms with Crippen LogP contribution in [0.5, 0.6) is 0 Å². The van der Waals surface area contributed by atoms with Crippen LogP contribution in [0.15, 0.2) is 24.3 Å². The van der Waals surface area contributed by atoms with Crippen LogP contribution < -0.4 is 0 Å². The lowest BCUT2D eigenvalue weighted by Crippen LogP contribution is -2.37. The van der Waals surface area contributed by atoms with Gasteiger partial charge in [-0.1, -0.05) is 29.8 Å². The quantitative estimate of drug-likeness (QED) is 0.842. The van der Waals surface area contributed by atoms with Gasteiger partial charge >= 0.3 is 12.1 Å². The fourth-order valence-corrected chi connectivity index (χ4v) is 3.83. The molecule has 0 aromatic heterocycles. The van der Waals surface area contributed by atoms with Crippen LogP contribution in [-0.2, 0) is 20.9 Å².